The second kappa shape index (κ2) is 5.62. The van der Waals surface area contributed by atoms with Crippen LogP contribution in [0.3, 0.4) is 0 Å². The number of benzene rings is 1. The first-order valence-corrected chi connectivity index (χ1v) is 7.21. The fourth-order valence-electron chi connectivity index (χ4n) is 2.23. The van der Waals surface area contributed by atoms with E-state index in [1.54, 1.807) is 36.9 Å². The topological polar surface area (TPSA) is 49.4 Å². The SMILES string of the molecule is CCC(=O)N1CCC1(C)C(=O)Nc1ccc(Cl)c(Cl)c1. The van der Waals surface area contributed by atoms with Crippen molar-refractivity contribution in [1.29, 1.82) is 0 Å². The molecule has 1 atom stereocenters. The number of rotatable bonds is 3. The summed E-state index contributed by atoms with van der Waals surface area (Å²) in [6, 6.07) is 4.90. The number of hydrogen-bond acceptors (Lipinski definition) is 2. The maximum absolute atomic E-state index is 12.4. The van der Waals surface area contributed by atoms with Gasteiger partial charge in [-0.2, -0.15) is 0 Å². The van der Waals surface area contributed by atoms with Crippen molar-refractivity contribution >= 4 is 40.7 Å². The minimum atomic E-state index is -0.779. The Balaban J connectivity index is 2.11. The third-order valence-electron chi connectivity index (χ3n) is 3.69. The summed E-state index contributed by atoms with van der Waals surface area (Å²) in [5, 5.41) is 3.60. The molecular formula is C14H16Cl2N2O2. The van der Waals surface area contributed by atoms with Crippen LogP contribution >= 0.6 is 23.2 Å². The molecule has 20 heavy (non-hydrogen) atoms. The summed E-state index contributed by atoms with van der Waals surface area (Å²) in [6.07, 6.45) is 1.06. The molecule has 0 saturated carbocycles. The smallest absolute Gasteiger partial charge is 0.250 e. The maximum Gasteiger partial charge on any atom is 0.250 e. The fourth-order valence-corrected chi connectivity index (χ4v) is 2.52. The minimum absolute atomic E-state index is 0.0111. The third kappa shape index (κ3) is 2.63. The number of likely N-dealkylation sites (tertiary alicyclic amines) is 1. The number of nitrogens with zero attached hydrogens (tertiary/aromatic N) is 1. The molecule has 2 amide bonds. The number of carbonyl (C=O) groups is 2. The molecular weight excluding hydrogens is 299 g/mol. The molecule has 0 aliphatic carbocycles. The summed E-state index contributed by atoms with van der Waals surface area (Å²) in [5.74, 6) is -0.216. The number of halogens is 2. The van der Waals surface area contributed by atoms with Crippen molar-refractivity contribution in [3.63, 3.8) is 0 Å². The van der Waals surface area contributed by atoms with Gasteiger partial charge in [0.1, 0.15) is 5.54 Å². The van der Waals surface area contributed by atoms with Crippen LogP contribution in [0.5, 0.6) is 0 Å². The van der Waals surface area contributed by atoms with E-state index in [0.29, 0.717) is 35.1 Å². The van der Waals surface area contributed by atoms with Crippen molar-refractivity contribution in [2.24, 2.45) is 0 Å². The van der Waals surface area contributed by atoms with E-state index >= 15 is 0 Å². The van der Waals surface area contributed by atoms with Crippen molar-refractivity contribution in [2.45, 2.75) is 32.2 Å². The first-order valence-electron chi connectivity index (χ1n) is 6.45. The largest absolute Gasteiger partial charge is 0.328 e. The van der Waals surface area contributed by atoms with E-state index in [2.05, 4.69) is 5.32 Å². The van der Waals surface area contributed by atoms with E-state index in [9.17, 15) is 9.59 Å². The number of amides is 2. The first-order chi connectivity index (χ1) is 9.38. The Morgan fingerprint density at radius 3 is 2.55 bits per heavy atom. The zero-order valence-electron chi connectivity index (χ0n) is 11.4. The average Bonchev–Trinajstić information content (AvgIpc) is 2.40. The summed E-state index contributed by atoms with van der Waals surface area (Å²) in [6.45, 7) is 4.19. The monoisotopic (exact) mass is 314 g/mol. The van der Waals surface area contributed by atoms with Gasteiger partial charge in [0, 0.05) is 18.7 Å². The normalized spacial score (nSPS) is 21.3. The molecule has 0 aromatic heterocycles. The molecule has 1 aliphatic heterocycles. The third-order valence-corrected chi connectivity index (χ3v) is 4.43. The van der Waals surface area contributed by atoms with Crippen molar-refractivity contribution in [1.82, 2.24) is 4.90 Å². The summed E-state index contributed by atoms with van der Waals surface area (Å²) in [4.78, 5) is 25.7. The molecule has 1 aliphatic rings. The molecule has 0 bridgehead atoms. The maximum atomic E-state index is 12.4. The average molecular weight is 315 g/mol. The second-order valence-electron chi connectivity index (χ2n) is 5.01. The predicted octanol–water partition coefficient (Wildman–Crippen LogP) is 3.33. The number of anilines is 1. The molecule has 1 aromatic rings. The Kier molecular flexibility index (Phi) is 4.25. The molecule has 1 unspecified atom stereocenters. The van der Waals surface area contributed by atoms with Crippen molar-refractivity contribution in [3.05, 3.63) is 28.2 Å². The Hall–Kier alpha value is -1.26. The van der Waals surface area contributed by atoms with Gasteiger partial charge in [-0.05, 0) is 31.5 Å². The summed E-state index contributed by atoms with van der Waals surface area (Å²) >= 11 is 11.7. The molecule has 6 heteroatoms. The van der Waals surface area contributed by atoms with Crippen molar-refractivity contribution in [3.8, 4) is 0 Å². The first kappa shape index (κ1) is 15.1. The van der Waals surface area contributed by atoms with E-state index in [4.69, 9.17) is 23.2 Å². The lowest BCUT2D eigenvalue weighted by Gasteiger charge is -2.49. The van der Waals surface area contributed by atoms with Gasteiger partial charge in [0.25, 0.3) is 0 Å². The molecule has 0 spiro atoms. The quantitative estimate of drug-likeness (QED) is 0.930. The standard InChI is InChI=1S/C14H16Cl2N2O2/c1-3-12(19)18-7-6-14(18,2)13(20)17-9-4-5-10(15)11(16)8-9/h4-5,8H,3,6-7H2,1-2H3,(H,17,20). The number of carbonyl (C=O) groups excluding carboxylic acids is 2. The van der Waals surface area contributed by atoms with Gasteiger partial charge in [-0.25, -0.2) is 0 Å². The summed E-state index contributed by atoms with van der Waals surface area (Å²) < 4.78 is 0. The highest BCUT2D eigenvalue weighted by atomic mass is 35.5. The van der Waals surface area contributed by atoms with Crippen LogP contribution < -0.4 is 5.32 Å². The lowest BCUT2D eigenvalue weighted by Crippen LogP contribution is -2.66. The number of hydrogen-bond donors (Lipinski definition) is 1. The summed E-state index contributed by atoms with van der Waals surface area (Å²) in [7, 11) is 0. The molecule has 4 nitrogen and oxygen atoms in total. The van der Waals surface area contributed by atoms with Gasteiger partial charge in [-0.3, -0.25) is 9.59 Å². The van der Waals surface area contributed by atoms with E-state index in [-0.39, 0.29) is 11.8 Å². The van der Waals surface area contributed by atoms with Gasteiger partial charge in [0.15, 0.2) is 0 Å². The molecule has 1 heterocycles. The second-order valence-corrected chi connectivity index (χ2v) is 5.82. The van der Waals surface area contributed by atoms with Crippen molar-refractivity contribution in [2.75, 3.05) is 11.9 Å². The van der Waals surface area contributed by atoms with Gasteiger partial charge in [-0.1, -0.05) is 30.1 Å². The van der Waals surface area contributed by atoms with Crippen LogP contribution in [0.1, 0.15) is 26.7 Å². The molecule has 0 radical (unpaired) electrons. The highest BCUT2D eigenvalue weighted by molar-refractivity contribution is 6.42. The minimum Gasteiger partial charge on any atom is -0.328 e. The Morgan fingerprint density at radius 1 is 1.35 bits per heavy atom. The van der Waals surface area contributed by atoms with E-state index in [0.717, 1.165) is 0 Å². The Morgan fingerprint density at radius 2 is 2.05 bits per heavy atom. The number of nitrogens with one attached hydrogen (secondary N) is 1. The lowest BCUT2D eigenvalue weighted by molar-refractivity contribution is -0.154. The predicted molar refractivity (Wildman–Crippen MR) is 80.1 cm³/mol. The van der Waals surface area contributed by atoms with Crippen LogP contribution in [0.2, 0.25) is 10.0 Å². The molecule has 108 valence electrons. The van der Waals surface area contributed by atoms with Gasteiger partial charge >= 0.3 is 0 Å². The highest BCUT2D eigenvalue weighted by Crippen LogP contribution is 2.33. The Bertz CT molecular complexity index is 562. The molecule has 1 saturated heterocycles. The van der Waals surface area contributed by atoms with Crippen LogP contribution in [-0.2, 0) is 9.59 Å². The fraction of sp³-hybridized carbons (Fsp3) is 0.429. The van der Waals surface area contributed by atoms with Crippen LogP contribution in [0.15, 0.2) is 18.2 Å². The highest BCUT2D eigenvalue weighted by Gasteiger charge is 2.48. The molecule has 1 fully saturated rings. The van der Waals surface area contributed by atoms with Crippen LogP contribution in [-0.4, -0.2) is 28.8 Å². The lowest BCUT2D eigenvalue weighted by atomic mass is 9.85. The van der Waals surface area contributed by atoms with Crippen LogP contribution in [0.25, 0.3) is 0 Å². The zero-order valence-corrected chi connectivity index (χ0v) is 12.9. The zero-order chi connectivity index (χ0) is 14.9. The van der Waals surface area contributed by atoms with Gasteiger partial charge in [-0.15, -0.1) is 0 Å². The molecule has 1 aromatic carbocycles. The molecule has 2 rings (SSSR count). The van der Waals surface area contributed by atoms with Gasteiger partial charge in [0.2, 0.25) is 11.8 Å². The Labute approximate surface area is 128 Å². The van der Waals surface area contributed by atoms with Gasteiger partial charge < -0.3 is 10.2 Å². The molecule has 1 N–H and O–H groups in total. The van der Waals surface area contributed by atoms with Gasteiger partial charge in [0.05, 0.1) is 10.0 Å². The van der Waals surface area contributed by atoms with E-state index < -0.39 is 5.54 Å². The van der Waals surface area contributed by atoms with Crippen molar-refractivity contribution < 1.29 is 9.59 Å². The van der Waals surface area contributed by atoms with Crippen LogP contribution in [0, 0.1) is 0 Å². The summed E-state index contributed by atoms with van der Waals surface area (Å²) in [5.41, 5.74) is -0.208. The van der Waals surface area contributed by atoms with E-state index in [1.807, 2.05) is 0 Å². The van der Waals surface area contributed by atoms with E-state index in [1.165, 1.54) is 0 Å². The van der Waals surface area contributed by atoms with Crippen LogP contribution in [0.4, 0.5) is 5.69 Å².